The van der Waals surface area contributed by atoms with E-state index < -0.39 is 30.4 Å². The number of nitrogens with zero attached hydrogens (tertiary/aromatic N) is 2. The number of hydrogen-bond acceptors (Lipinski definition) is 5. The molecule has 10 nitrogen and oxygen atoms in total. The molecule has 1 aliphatic heterocycles. The molecule has 5 N–H and O–H groups in total. The maximum absolute atomic E-state index is 13.3. The number of nitrogens with one attached hydrogen (secondary N) is 2. The lowest BCUT2D eigenvalue weighted by Crippen LogP contribution is -2.39. The summed E-state index contributed by atoms with van der Waals surface area (Å²) in [6, 6.07) is 10.8. The molecule has 3 rings (SSSR count). The van der Waals surface area contributed by atoms with Gasteiger partial charge in [-0.15, -0.1) is 12.4 Å². The lowest BCUT2D eigenvalue weighted by molar-refractivity contribution is -0.144. The fraction of sp³-hybridized carbons (Fsp3) is 0.393. The van der Waals surface area contributed by atoms with Crippen molar-refractivity contribution in [2.24, 2.45) is 5.73 Å². The molecule has 0 aliphatic carbocycles. The third-order valence-electron chi connectivity index (χ3n) is 6.57. The van der Waals surface area contributed by atoms with E-state index in [-0.39, 0.29) is 37.1 Å². The van der Waals surface area contributed by atoms with E-state index in [1.807, 2.05) is 11.8 Å². The second kappa shape index (κ2) is 14.3. The zero-order valence-corrected chi connectivity index (χ0v) is 23.1. The van der Waals surface area contributed by atoms with E-state index >= 15 is 0 Å². The number of amidine groups is 1. The molecular formula is C28H36ClN5O5. The Hall–Kier alpha value is -3.92. The van der Waals surface area contributed by atoms with Gasteiger partial charge in [0.25, 0.3) is 11.8 Å². The molecule has 0 radical (unpaired) electrons. The maximum Gasteiger partial charge on any atom is 0.323 e. The standard InChI is InChI=1S/C28H35N5O5.ClH/c1-3-11-33(17-25(35)36)24(34)16-23(19-7-6-8-20(15-19)26(29)30)31-27(37)21-9-10-22(18(2)14-21)28(38)32-12-4-5-13-32;/h6-10,14-15,23H,3-5,11-13,16-17H2,1-2H3,(H3,29,30)(H,31,37)(H,35,36);1H. The topological polar surface area (TPSA) is 157 Å². The highest BCUT2D eigenvalue weighted by atomic mass is 35.5. The van der Waals surface area contributed by atoms with Crippen LogP contribution in [0.15, 0.2) is 42.5 Å². The van der Waals surface area contributed by atoms with Gasteiger partial charge >= 0.3 is 5.97 Å². The van der Waals surface area contributed by atoms with Crippen LogP contribution in [0.25, 0.3) is 0 Å². The van der Waals surface area contributed by atoms with Crippen molar-refractivity contribution in [3.05, 3.63) is 70.3 Å². The number of amides is 3. The second-order valence-electron chi connectivity index (χ2n) is 9.51. The van der Waals surface area contributed by atoms with E-state index in [4.69, 9.17) is 11.1 Å². The van der Waals surface area contributed by atoms with Crippen molar-refractivity contribution in [1.82, 2.24) is 15.1 Å². The third-order valence-corrected chi connectivity index (χ3v) is 6.57. The van der Waals surface area contributed by atoms with Gasteiger partial charge in [-0.2, -0.15) is 0 Å². The molecule has 3 amide bonds. The summed E-state index contributed by atoms with van der Waals surface area (Å²) in [6.45, 7) is 4.92. The van der Waals surface area contributed by atoms with E-state index in [0.29, 0.717) is 34.2 Å². The number of carbonyl (C=O) groups is 4. The average Bonchev–Trinajstić information content (AvgIpc) is 3.42. The number of nitrogen functional groups attached to an aromatic ring is 1. The van der Waals surface area contributed by atoms with Gasteiger partial charge in [-0.05, 0) is 61.6 Å². The Morgan fingerprint density at radius 3 is 2.38 bits per heavy atom. The van der Waals surface area contributed by atoms with Crippen molar-refractivity contribution in [1.29, 1.82) is 5.41 Å². The van der Waals surface area contributed by atoms with Gasteiger partial charge in [-0.1, -0.05) is 25.1 Å². The van der Waals surface area contributed by atoms with Gasteiger partial charge in [0, 0.05) is 36.3 Å². The first-order chi connectivity index (χ1) is 18.1. The summed E-state index contributed by atoms with van der Waals surface area (Å²) in [5.74, 6) is -2.19. The van der Waals surface area contributed by atoms with Crippen LogP contribution in [0, 0.1) is 12.3 Å². The van der Waals surface area contributed by atoms with Gasteiger partial charge in [-0.3, -0.25) is 24.6 Å². The number of nitrogens with two attached hydrogens (primary N) is 1. The number of rotatable bonds is 11. The van der Waals surface area contributed by atoms with E-state index in [1.54, 1.807) is 49.4 Å². The molecular weight excluding hydrogens is 522 g/mol. The third kappa shape index (κ3) is 8.28. The number of carboxylic acids is 1. The van der Waals surface area contributed by atoms with Crippen molar-refractivity contribution in [2.75, 3.05) is 26.2 Å². The second-order valence-corrected chi connectivity index (χ2v) is 9.51. The first-order valence-corrected chi connectivity index (χ1v) is 12.8. The van der Waals surface area contributed by atoms with Crippen LogP contribution in [0.5, 0.6) is 0 Å². The number of carboxylic acid groups (broad SMARTS) is 1. The molecule has 0 spiro atoms. The fourth-order valence-electron chi connectivity index (χ4n) is 4.58. The van der Waals surface area contributed by atoms with Crippen LogP contribution in [-0.2, 0) is 9.59 Å². The molecule has 11 heteroatoms. The van der Waals surface area contributed by atoms with Gasteiger partial charge in [0.2, 0.25) is 5.91 Å². The molecule has 1 unspecified atom stereocenters. The fourth-order valence-corrected chi connectivity index (χ4v) is 4.58. The molecule has 1 atom stereocenters. The Labute approximate surface area is 234 Å². The van der Waals surface area contributed by atoms with Crippen LogP contribution in [0.1, 0.15) is 76.1 Å². The Balaban J connectivity index is 0.00000533. The summed E-state index contributed by atoms with van der Waals surface area (Å²) in [5, 5.41) is 19.9. The monoisotopic (exact) mass is 557 g/mol. The molecule has 1 heterocycles. The summed E-state index contributed by atoms with van der Waals surface area (Å²) >= 11 is 0. The van der Waals surface area contributed by atoms with Crippen molar-refractivity contribution >= 4 is 41.9 Å². The number of halogens is 1. The largest absolute Gasteiger partial charge is 0.480 e. The number of hydrogen-bond donors (Lipinski definition) is 4. The lowest BCUT2D eigenvalue weighted by atomic mass is 9.98. The number of aryl methyl sites for hydroxylation is 1. The Morgan fingerprint density at radius 1 is 1.10 bits per heavy atom. The van der Waals surface area contributed by atoms with Crippen LogP contribution in [-0.4, -0.2) is 70.6 Å². The van der Waals surface area contributed by atoms with Gasteiger partial charge in [-0.25, -0.2) is 0 Å². The van der Waals surface area contributed by atoms with E-state index in [9.17, 15) is 24.3 Å². The van der Waals surface area contributed by atoms with E-state index in [0.717, 1.165) is 25.9 Å². The summed E-state index contributed by atoms with van der Waals surface area (Å²) in [6.07, 6.45) is 2.37. The lowest BCUT2D eigenvalue weighted by Gasteiger charge is -2.25. The predicted molar refractivity (Wildman–Crippen MR) is 150 cm³/mol. The number of carbonyl (C=O) groups excluding carboxylic acids is 3. The van der Waals surface area contributed by atoms with Crippen LogP contribution < -0.4 is 11.1 Å². The minimum absolute atomic E-state index is 0. The average molecular weight is 558 g/mol. The quantitative estimate of drug-likeness (QED) is 0.245. The number of likely N-dealkylation sites (tertiary alicyclic amines) is 1. The van der Waals surface area contributed by atoms with E-state index in [2.05, 4.69) is 5.32 Å². The zero-order valence-electron chi connectivity index (χ0n) is 22.2. The summed E-state index contributed by atoms with van der Waals surface area (Å²) in [7, 11) is 0. The Bertz CT molecular complexity index is 1230. The first-order valence-electron chi connectivity index (χ1n) is 12.8. The predicted octanol–water partition coefficient (Wildman–Crippen LogP) is 3.12. The van der Waals surface area contributed by atoms with Crippen LogP contribution >= 0.6 is 12.4 Å². The molecule has 1 aliphatic rings. The highest BCUT2D eigenvalue weighted by Gasteiger charge is 2.25. The molecule has 1 fully saturated rings. The highest BCUT2D eigenvalue weighted by Crippen LogP contribution is 2.22. The van der Waals surface area contributed by atoms with Crippen molar-refractivity contribution in [3.63, 3.8) is 0 Å². The van der Waals surface area contributed by atoms with Gasteiger partial charge < -0.3 is 26.0 Å². The summed E-state index contributed by atoms with van der Waals surface area (Å²) in [4.78, 5) is 53.6. The first kappa shape index (κ1) is 31.3. The van der Waals surface area contributed by atoms with Crippen molar-refractivity contribution in [2.45, 2.75) is 45.6 Å². The van der Waals surface area contributed by atoms with Crippen molar-refractivity contribution < 1.29 is 24.3 Å². The molecule has 210 valence electrons. The molecule has 2 aromatic rings. The van der Waals surface area contributed by atoms with Gasteiger partial charge in [0.15, 0.2) is 0 Å². The summed E-state index contributed by atoms with van der Waals surface area (Å²) < 4.78 is 0. The molecule has 2 aromatic carbocycles. The smallest absolute Gasteiger partial charge is 0.323 e. The minimum atomic E-state index is -1.12. The highest BCUT2D eigenvalue weighted by molar-refractivity contribution is 5.99. The minimum Gasteiger partial charge on any atom is -0.480 e. The zero-order chi connectivity index (χ0) is 27.8. The van der Waals surface area contributed by atoms with Gasteiger partial charge in [0.1, 0.15) is 12.4 Å². The molecule has 39 heavy (non-hydrogen) atoms. The SMILES string of the molecule is CCCN(CC(=O)O)C(=O)CC(NC(=O)c1ccc(C(=O)N2CCCC2)c(C)c1)c1cccc(C(=N)N)c1.Cl. The normalized spacial score (nSPS) is 13.2. The molecule has 0 aromatic heterocycles. The van der Waals surface area contributed by atoms with Crippen molar-refractivity contribution in [3.8, 4) is 0 Å². The molecule has 1 saturated heterocycles. The van der Waals surface area contributed by atoms with Crippen LogP contribution in [0.4, 0.5) is 0 Å². The molecule has 0 saturated carbocycles. The van der Waals surface area contributed by atoms with E-state index in [1.165, 1.54) is 4.90 Å². The Kier molecular flexibility index (Phi) is 11.5. The van der Waals surface area contributed by atoms with Gasteiger partial charge in [0.05, 0.1) is 12.5 Å². The Morgan fingerprint density at radius 2 is 1.79 bits per heavy atom. The van der Waals surface area contributed by atoms with Crippen LogP contribution in [0.3, 0.4) is 0 Å². The number of aliphatic carboxylic acids is 1. The van der Waals surface area contributed by atoms with Crippen LogP contribution in [0.2, 0.25) is 0 Å². The number of benzene rings is 2. The molecule has 0 bridgehead atoms. The maximum atomic E-state index is 13.3. The summed E-state index contributed by atoms with van der Waals surface area (Å²) in [5.41, 5.74) is 8.20.